The average Bonchev–Trinajstić information content (AvgIpc) is 3.33. The number of ether oxygens (including phenoxy) is 2. The molecule has 0 aliphatic carbocycles. The maximum absolute atomic E-state index is 9.59. The lowest BCUT2D eigenvalue weighted by Gasteiger charge is -2.32. The smallest absolute Gasteiger partial charge is 0.212 e. The zero-order valence-corrected chi connectivity index (χ0v) is 20.5. The molecule has 0 spiro atoms. The second kappa shape index (κ2) is 11.5. The zero-order chi connectivity index (χ0) is 25.5. The highest BCUT2D eigenvalue weighted by molar-refractivity contribution is 5.85. The van der Waals surface area contributed by atoms with E-state index in [1.54, 1.807) is 23.8 Å². The van der Waals surface area contributed by atoms with Gasteiger partial charge in [-0.3, -0.25) is 0 Å². The Morgan fingerprint density at radius 3 is 2.81 bits per heavy atom. The second-order valence-electron chi connectivity index (χ2n) is 8.61. The molecule has 186 valence electrons. The van der Waals surface area contributed by atoms with Crippen LogP contribution in [0.3, 0.4) is 0 Å². The van der Waals surface area contributed by atoms with Crippen molar-refractivity contribution in [2.75, 3.05) is 24.6 Å². The molecule has 1 N–H and O–H groups in total. The number of aliphatic imine (C=N–C) groups is 1. The molecule has 0 unspecified atom stereocenters. The van der Waals surface area contributed by atoms with Gasteiger partial charge in [-0.25, -0.2) is 14.5 Å². The van der Waals surface area contributed by atoms with E-state index in [-0.39, 0.29) is 12.7 Å². The number of pyridine rings is 2. The molecule has 4 rings (SSSR count). The first-order valence-electron chi connectivity index (χ1n) is 11.9. The zero-order valence-electron chi connectivity index (χ0n) is 20.5. The van der Waals surface area contributed by atoms with Crippen molar-refractivity contribution in [1.29, 1.82) is 5.26 Å². The third-order valence-corrected chi connectivity index (χ3v) is 5.90. The summed E-state index contributed by atoms with van der Waals surface area (Å²) in [4.78, 5) is 10.9. The van der Waals surface area contributed by atoms with Crippen molar-refractivity contribution in [1.82, 2.24) is 14.6 Å². The lowest BCUT2D eigenvalue weighted by atomic mass is 10.0. The van der Waals surface area contributed by atoms with Gasteiger partial charge in [-0.1, -0.05) is 12.2 Å². The van der Waals surface area contributed by atoms with Crippen LogP contribution in [0.5, 0.6) is 5.75 Å². The van der Waals surface area contributed by atoms with Gasteiger partial charge in [-0.15, -0.1) is 0 Å². The van der Waals surface area contributed by atoms with E-state index in [4.69, 9.17) is 14.5 Å². The van der Waals surface area contributed by atoms with Gasteiger partial charge in [0.05, 0.1) is 29.6 Å². The molecule has 1 aliphatic heterocycles. The molecular formula is C27H30N6O3. The number of aliphatic hydroxyl groups is 1. The van der Waals surface area contributed by atoms with Gasteiger partial charge in [0.25, 0.3) is 0 Å². The molecule has 0 bridgehead atoms. The van der Waals surface area contributed by atoms with E-state index >= 15 is 0 Å². The van der Waals surface area contributed by atoms with Crippen LogP contribution in [-0.2, 0) is 4.74 Å². The monoisotopic (exact) mass is 486 g/mol. The summed E-state index contributed by atoms with van der Waals surface area (Å²) in [6.45, 7) is 8.98. The highest BCUT2D eigenvalue weighted by atomic mass is 16.5. The predicted octanol–water partition coefficient (Wildman–Crippen LogP) is 4.13. The summed E-state index contributed by atoms with van der Waals surface area (Å²) in [6, 6.07) is 8.04. The fourth-order valence-corrected chi connectivity index (χ4v) is 4.11. The number of hydrogen-bond acceptors (Lipinski definition) is 8. The number of aromatic nitrogens is 3. The van der Waals surface area contributed by atoms with Gasteiger partial charge in [-0.05, 0) is 44.8 Å². The van der Waals surface area contributed by atoms with Crippen molar-refractivity contribution >= 4 is 18.1 Å². The summed E-state index contributed by atoms with van der Waals surface area (Å²) in [7, 11) is 0. The highest BCUT2D eigenvalue weighted by Gasteiger charge is 2.22. The van der Waals surface area contributed by atoms with Crippen LogP contribution in [0.25, 0.3) is 16.6 Å². The fraction of sp³-hybridized carbons (Fsp3) is 0.333. The Labute approximate surface area is 210 Å². The van der Waals surface area contributed by atoms with Crippen molar-refractivity contribution in [3.05, 3.63) is 66.5 Å². The van der Waals surface area contributed by atoms with Gasteiger partial charge in [-0.2, -0.15) is 10.4 Å². The van der Waals surface area contributed by atoms with Crippen LogP contribution in [0.1, 0.15) is 32.3 Å². The average molecular weight is 487 g/mol. The first-order chi connectivity index (χ1) is 17.5. The van der Waals surface area contributed by atoms with Crippen molar-refractivity contribution in [3.8, 4) is 22.9 Å². The Hall–Kier alpha value is -4.16. The fourth-order valence-electron chi connectivity index (χ4n) is 4.11. The third kappa shape index (κ3) is 5.73. The molecule has 0 amide bonds. The molecule has 1 atom stereocenters. The summed E-state index contributed by atoms with van der Waals surface area (Å²) in [5, 5.41) is 23.5. The van der Waals surface area contributed by atoms with E-state index in [1.807, 2.05) is 43.4 Å². The van der Waals surface area contributed by atoms with Gasteiger partial charge in [0.15, 0.2) is 0 Å². The topological polar surface area (TPSA) is 108 Å². The molecule has 4 heterocycles. The molecule has 1 fully saturated rings. The van der Waals surface area contributed by atoms with Crippen LogP contribution in [0.2, 0.25) is 0 Å². The number of aliphatic hydroxyl groups excluding tert-OH is 1. The van der Waals surface area contributed by atoms with E-state index in [0.717, 1.165) is 42.9 Å². The summed E-state index contributed by atoms with van der Waals surface area (Å²) < 4.78 is 13.3. The molecule has 0 radical (unpaired) electrons. The Balaban J connectivity index is 1.51. The van der Waals surface area contributed by atoms with Crippen LogP contribution in [0.15, 0.2) is 65.9 Å². The molecule has 0 saturated carbocycles. The molecule has 3 aromatic rings. The molecule has 0 aromatic carbocycles. The van der Waals surface area contributed by atoms with Crippen LogP contribution < -0.4 is 9.64 Å². The number of piperidine rings is 1. The van der Waals surface area contributed by atoms with Crippen LogP contribution >= 0.6 is 0 Å². The van der Waals surface area contributed by atoms with E-state index < -0.39 is 6.10 Å². The minimum atomic E-state index is -0.601. The maximum Gasteiger partial charge on any atom is 0.212 e. The van der Waals surface area contributed by atoms with E-state index in [1.165, 1.54) is 6.20 Å². The quantitative estimate of drug-likeness (QED) is 0.275. The van der Waals surface area contributed by atoms with E-state index in [0.29, 0.717) is 22.7 Å². The molecule has 9 heteroatoms. The lowest BCUT2D eigenvalue weighted by molar-refractivity contribution is 0.0929. The van der Waals surface area contributed by atoms with Crippen LogP contribution in [-0.4, -0.2) is 58.3 Å². The predicted molar refractivity (Wildman–Crippen MR) is 139 cm³/mol. The molecule has 1 aliphatic rings. The van der Waals surface area contributed by atoms with Gasteiger partial charge < -0.3 is 19.5 Å². The maximum atomic E-state index is 9.59. The molecule has 36 heavy (non-hydrogen) atoms. The third-order valence-electron chi connectivity index (χ3n) is 5.90. The minimum Gasteiger partial charge on any atom is -0.489 e. The second-order valence-corrected chi connectivity index (χ2v) is 8.61. The number of nitriles is 1. The Bertz CT molecular complexity index is 1300. The van der Waals surface area contributed by atoms with Gasteiger partial charge >= 0.3 is 0 Å². The van der Waals surface area contributed by atoms with Crippen molar-refractivity contribution in [3.63, 3.8) is 0 Å². The number of nitrogens with zero attached hydrogens (tertiary/aromatic N) is 6. The number of fused-ring (bicyclic) bond motifs is 1. The largest absolute Gasteiger partial charge is 0.489 e. The van der Waals surface area contributed by atoms with Crippen LogP contribution in [0, 0.1) is 11.3 Å². The number of allylic oxidation sites excluding steroid dienone is 3. The van der Waals surface area contributed by atoms with Gasteiger partial charge in [0.2, 0.25) is 5.88 Å². The number of anilines is 1. The highest BCUT2D eigenvalue weighted by Crippen LogP contribution is 2.32. The normalized spacial score (nSPS) is 15.7. The molecule has 3 aromatic heterocycles. The van der Waals surface area contributed by atoms with E-state index in [2.05, 4.69) is 27.8 Å². The molecular weight excluding hydrogens is 456 g/mol. The van der Waals surface area contributed by atoms with Crippen molar-refractivity contribution < 1.29 is 14.6 Å². The van der Waals surface area contributed by atoms with Gasteiger partial charge in [0.1, 0.15) is 30.3 Å². The molecule has 9 nitrogen and oxygen atoms in total. The van der Waals surface area contributed by atoms with E-state index in [9.17, 15) is 10.4 Å². The lowest BCUT2D eigenvalue weighted by Crippen LogP contribution is -2.37. The number of rotatable bonds is 9. The Kier molecular flexibility index (Phi) is 7.98. The first-order valence-corrected chi connectivity index (χ1v) is 11.9. The molecule has 1 saturated heterocycles. The SMILES string of the molecule is C=N/C(=C\C=C/C)OC1CCN(c2ccc(-c3cc(OC[C@H](C)O)cn4ncc(C#N)c34)cn2)CC1. The summed E-state index contributed by atoms with van der Waals surface area (Å²) in [6.07, 6.45) is 11.9. The van der Waals surface area contributed by atoms with Crippen molar-refractivity contribution in [2.24, 2.45) is 4.99 Å². The summed E-state index contributed by atoms with van der Waals surface area (Å²) in [5.41, 5.74) is 2.79. The van der Waals surface area contributed by atoms with Crippen molar-refractivity contribution in [2.45, 2.75) is 38.9 Å². The number of hydrogen-bond donors (Lipinski definition) is 1. The van der Waals surface area contributed by atoms with Crippen LogP contribution in [0.4, 0.5) is 5.82 Å². The Morgan fingerprint density at radius 2 is 2.17 bits per heavy atom. The minimum absolute atomic E-state index is 0.0893. The first kappa shape index (κ1) is 24.9. The summed E-state index contributed by atoms with van der Waals surface area (Å²) >= 11 is 0. The standard InChI is InChI=1S/C27H30N6O3/c1-4-5-6-26(29-3)36-22-9-11-32(12-10-22)25-8-7-20(15-30-25)24-13-23(35-18-19(2)34)17-33-27(24)21(14-28)16-31-33/h4-8,13,15-17,19,22,34H,3,9-12,18H2,1-2H3/b5-4-,26-6+/t19-/m0/s1. The summed E-state index contributed by atoms with van der Waals surface area (Å²) in [5.74, 6) is 1.97. The van der Waals surface area contributed by atoms with Gasteiger partial charge in [0, 0.05) is 43.3 Å². The Morgan fingerprint density at radius 1 is 1.36 bits per heavy atom.